The van der Waals surface area contributed by atoms with E-state index in [0.717, 1.165) is 22.5 Å². The molecule has 2 aromatic carbocycles. The molecule has 128 valence electrons. The van der Waals surface area contributed by atoms with E-state index in [-0.39, 0.29) is 0 Å². The number of rotatable bonds is 4. The number of amides is 1. The van der Waals surface area contributed by atoms with Crippen molar-refractivity contribution in [3.8, 4) is 11.3 Å². The molecule has 0 saturated carbocycles. The Balaban J connectivity index is 1.87. The average molecular weight is 341 g/mol. The summed E-state index contributed by atoms with van der Waals surface area (Å²) in [6.45, 7) is 2.08. The molecule has 0 unspecified atom stereocenters. The Bertz CT molecular complexity index is 1100. The Morgan fingerprint density at radius 1 is 1.04 bits per heavy atom. The minimum absolute atomic E-state index is 0.291. The molecule has 1 amide bonds. The van der Waals surface area contributed by atoms with Crippen LogP contribution < -0.4 is 5.73 Å². The van der Waals surface area contributed by atoms with Gasteiger partial charge in [-0.15, -0.1) is 0 Å². The zero-order valence-corrected chi connectivity index (χ0v) is 14.5. The van der Waals surface area contributed by atoms with Gasteiger partial charge >= 0.3 is 0 Å². The van der Waals surface area contributed by atoms with E-state index < -0.39 is 5.91 Å². The second-order valence-corrected chi connectivity index (χ2v) is 6.45. The highest BCUT2D eigenvalue weighted by molar-refractivity contribution is 5.92. The number of nitrogens with two attached hydrogens (primary N) is 1. The van der Waals surface area contributed by atoms with Crippen LogP contribution in [0.15, 0.2) is 66.7 Å². The summed E-state index contributed by atoms with van der Waals surface area (Å²) in [5.41, 5.74) is 12.2. The number of H-pyrrole nitrogens is 1. The van der Waals surface area contributed by atoms with Crippen molar-refractivity contribution in [2.75, 3.05) is 0 Å². The Labute approximate surface area is 151 Å². The minimum Gasteiger partial charge on any atom is -0.364 e. The van der Waals surface area contributed by atoms with Gasteiger partial charge in [0.05, 0.1) is 5.69 Å². The van der Waals surface area contributed by atoms with Gasteiger partial charge < -0.3 is 10.7 Å². The molecule has 0 saturated heterocycles. The molecule has 26 heavy (non-hydrogen) atoms. The summed E-state index contributed by atoms with van der Waals surface area (Å²) in [7, 11) is 0. The normalized spacial score (nSPS) is 11.0. The topological polar surface area (TPSA) is 71.8 Å². The molecule has 0 bridgehead atoms. The van der Waals surface area contributed by atoms with Gasteiger partial charge in [0, 0.05) is 23.0 Å². The van der Waals surface area contributed by atoms with Crippen molar-refractivity contribution in [3.63, 3.8) is 0 Å². The van der Waals surface area contributed by atoms with Crippen molar-refractivity contribution in [1.82, 2.24) is 9.97 Å². The molecule has 4 nitrogen and oxygen atoms in total. The Morgan fingerprint density at radius 3 is 2.62 bits per heavy atom. The van der Waals surface area contributed by atoms with Crippen LogP contribution in [0.5, 0.6) is 0 Å². The van der Waals surface area contributed by atoms with Crippen LogP contribution in [0.25, 0.3) is 22.2 Å². The lowest BCUT2D eigenvalue weighted by atomic mass is 10.0. The highest BCUT2D eigenvalue weighted by Gasteiger charge is 2.15. The molecule has 0 fully saturated rings. The number of nitrogens with one attached hydrogen (secondary N) is 1. The molecule has 0 spiro atoms. The predicted octanol–water partition coefficient (Wildman–Crippen LogP) is 4.23. The second kappa shape index (κ2) is 6.48. The van der Waals surface area contributed by atoms with Crippen LogP contribution in [-0.4, -0.2) is 15.9 Å². The Kier molecular flexibility index (Phi) is 4.01. The number of hydrogen-bond acceptors (Lipinski definition) is 2. The van der Waals surface area contributed by atoms with Crippen molar-refractivity contribution in [2.24, 2.45) is 5.73 Å². The highest BCUT2D eigenvalue weighted by atomic mass is 16.1. The number of carbonyl (C=O) groups is 1. The third-order valence-corrected chi connectivity index (χ3v) is 4.54. The molecule has 0 radical (unpaired) electrons. The summed E-state index contributed by atoms with van der Waals surface area (Å²) in [4.78, 5) is 19.4. The van der Waals surface area contributed by atoms with Gasteiger partial charge in [0.15, 0.2) is 0 Å². The van der Waals surface area contributed by atoms with E-state index in [4.69, 9.17) is 5.73 Å². The van der Waals surface area contributed by atoms with Gasteiger partial charge in [-0.25, -0.2) is 4.98 Å². The first kappa shape index (κ1) is 16.1. The fourth-order valence-corrected chi connectivity index (χ4v) is 3.30. The van der Waals surface area contributed by atoms with Crippen LogP contribution >= 0.6 is 0 Å². The number of benzene rings is 2. The Hall–Kier alpha value is -3.40. The number of aryl methyl sites for hydroxylation is 1. The van der Waals surface area contributed by atoms with Crippen molar-refractivity contribution in [1.29, 1.82) is 0 Å². The first-order valence-electron chi connectivity index (χ1n) is 8.54. The van der Waals surface area contributed by atoms with E-state index in [9.17, 15) is 4.79 Å². The minimum atomic E-state index is -0.510. The van der Waals surface area contributed by atoms with Gasteiger partial charge in [0.25, 0.3) is 5.91 Å². The first-order valence-corrected chi connectivity index (χ1v) is 8.54. The monoisotopic (exact) mass is 341 g/mol. The van der Waals surface area contributed by atoms with Crippen LogP contribution in [0.1, 0.15) is 27.3 Å². The number of nitrogens with zero attached hydrogens (tertiary/aromatic N) is 1. The summed E-state index contributed by atoms with van der Waals surface area (Å²) < 4.78 is 0. The zero-order valence-electron chi connectivity index (χ0n) is 14.5. The molecular weight excluding hydrogens is 322 g/mol. The van der Waals surface area contributed by atoms with E-state index in [1.165, 1.54) is 16.5 Å². The fourth-order valence-electron chi connectivity index (χ4n) is 3.30. The zero-order chi connectivity index (χ0) is 18.1. The van der Waals surface area contributed by atoms with Crippen molar-refractivity contribution in [2.45, 2.75) is 13.3 Å². The summed E-state index contributed by atoms with van der Waals surface area (Å²) >= 11 is 0. The molecule has 2 heterocycles. The number of aromatic nitrogens is 2. The third-order valence-electron chi connectivity index (χ3n) is 4.54. The summed E-state index contributed by atoms with van der Waals surface area (Å²) in [6, 6.07) is 22.0. The number of pyridine rings is 1. The van der Waals surface area contributed by atoms with E-state index in [2.05, 4.69) is 47.2 Å². The number of fused-ring (bicyclic) bond motifs is 1. The van der Waals surface area contributed by atoms with Gasteiger partial charge in [-0.1, -0.05) is 48.5 Å². The quantitative estimate of drug-likeness (QED) is 0.583. The largest absolute Gasteiger partial charge is 0.364 e. The van der Waals surface area contributed by atoms with Crippen LogP contribution in [-0.2, 0) is 6.42 Å². The second-order valence-electron chi connectivity index (χ2n) is 6.45. The van der Waals surface area contributed by atoms with Crippen LogP contribution in [0, 0.1) is 6.92 Å². The van der Waals surface area contributed by atoms with E-state index >= 15 is 0 Å². The predicted molar refractivity (Wildman–Crippen MR) is 104 cm³/mol. The van der Waals surface area contributed by atoms with Crippen LogP contribution in [0.2, 0.25) is 0 Å². The SMILES string of the molecule is Cc1ccc2c(Cc3cccc(C(N)=O)n3)c(-c3ccccc3)[nH]c2c1. The van der Waals surface area contributed by atoms with Gasteiger partial charge in [-0.3, -0.25) is 4.79 Å². The smallest absolute Gasteiger partial charge is 0.267 e. The molecule has 0 aliphatic carbocycles. The van der Waals surface area contributed by atoms with E-state index in [1.807, 2.05) is 30.3 Å². The standard InChI is InChI=1S/C22H19N3O/c1-14-10-11-17-18(13-16-8-5-9-19(24-16)22(23)26)21(25-20(17)12-14)15-6-3-2-4-7-15/h2-12,25H,13H2,1H3,(H2,23,26). The molecule has 4 aromatic rings. The van der Waals surface area contributed by atoms with Crippen LogP contribution in [0.3, 0.4) is 0 Å². The van der Waals surface area contributed by atoms with Crippen LogP contribution in [0.4, 0.5) is 0 Å². The molecule has 2 aromatic heterocycles. The maximum absolute atomic E-state index is 11.4. The highest BCUT2D eigenvalue weighted by Crippen LogP contribution is 2.32. The maximum atomic E-state index is 11.4. The molecule has 0 aliphatic heterocycles. The molecule has 0 aliphatic rings. The lowest BCUT2D eigenvalue weighted by Crippen LogP contribution is -2.13. The molecular formula is C22H19N3O. The summed E-state index contributed by atoms with van der Waals surface area (Å²) in [6.07, 6.45) is 0.619. The fraction of sp³-hybridized carbons (Fsp3) is 0.0909. The average Bonchev–Trinajstić information content (AvgIpc) is 3.00. The van der Waals surface area contributed by atoms with Gasteiger partial charge in [-0.2, -0.15) is 0 Å². The lowest BCUT2D eigenvalue weighted by Gasteiger charge is -2.06. The maximum Gasteiger partial charge on any atom is 0.267 e. The third kappa shape index (κ3) is 2.97. The van der Waals surface area contributed by atoms with E-state index in [0.29, 0.717) is 12.1 Å². The van der Waals surface area contributed by atoms with Gasteiger partial charge in [-0.05, 0) is 41.8 Å². The summed E-state index contributed by atoms with van der Waals surface area (Å²) in [5, 5.41) is 1.17. The van der Waals surface area contributed by atoms with E-state index in [1.54, 1.807) is 6.07 Å². The number of primary amides is 1. The molecule has 3 N–H and O–H groups in total. The molecule has 4 rings (SSSR count). The molecule has 4 heteroatoms. The molecule has 0 atom stereocenters. The number of aromatic amines is 1. The van der Waals surface area contributed by atoms with Crippen molar-refractivity contribution >= 4 is 16.8 Å². The Morgan fingerprint density at radius 2 is 1.85 bits per heavy atom. The summed E-state index contributed by atoms with van der Waals surface area (Å²) in [5.74, 6) is -0.510. The number of hydrogen-bond donors (Lipinski definition) is 2. The van der Waals surface area contributed by atoms with Gasteiger partial charge in [0.2, 0.25) is 0 Å². The van der Waals surface area contributed by atoms with Crippen molar-refractivity contribution in [3.05, 3.63) is 89.2 Å². The number of carbonyl (C=O) groups excluding carboxylic acids is 1. The van der Waals surface area contributed by atoms with Gasteiger partial charge in [0.1, 0.15) is 5.69 Å². The van der Waals surface area contributed by atoms with Crippen molar-refractivity contribution < 1.29 is 4.79 Å². The first-order chi connectivity index (χ1) is 12.6. The lowest BCUT2D eigenvalue weighted by molar-refractivity contribution is 0.0995.